The van der Waals surface area contributed by atoms with E-state index < -0.39 is 38.9 Å². The molecule has 2 heterocycles. The summed E-state index contributed by atoms with van der Waals surface area (Å²) < 4.78 is 69.3. The number of sulfonamides is 1. The summed E-state index contributed by atoms with van der Waals surface area (Å²) in [5.41, 5.74) is 3.78. The first kappa shape index (κ1) is 26.0. The molecule has 2 unspecified atom stereocenters. The van der Waals surface area contributed by atoms with Crippen molar-refractivity contribution in [3.63, 3.8) is 0 Å². The standard InChI is InChI=1S/C22H25F2IN4O5S/c23-14-9-18(28-17-2-1-15(25)11-16(17)24)20(21(26)30)19(10-14)34-22(13-3-4-27-12-13)35(31,32)29-5-7-33-8-6-29/h1-2,9-11,13,22,27-28H,3-8,12H2,(H2,26,30). The number of nitrogens with zero attached hydrogens (tertiary/aromatic N) is 1. The fourth-order valence-corrected chi connectivity index (χ4v) is 6.50. The Kier molecular flexibility index (Phi) is 8.10. The average molecular weight is 622 g/mol. The number of anilines is 2. The highest BCUT2D eigenvalue weighted by Gasteiger charge is 2.42. The molecule has 0 radical (unpaired) electrons. The molecule has 1 amide bonds. The lowest BCUT2D eigenvalue weighted by molar-refractivity contribution is 0.0693. The molecular weight excluding hydrogens is 597 g/mol. The number of benzene rings is 2. The maximum atomic E-state index is 14.7. The van der Waals surface area contributed by atoms with Crippen molar-refractivity contribution in [1.82, 2.24) is 9.62 Å². The van der Waals surface area contributed by atoms with Crippen molar-refractivity contribution >= 4 is 49.9 Å². The van der Waals surface area contributed by atoms with Crippen LogP contribution in [0, 0.1) is 21.1 Å². The predicted molar refractivity (Wildman–Crippen MR) is 134 cm³/mol. The minimum Gasteiger partial charge on any atom is -0.472 e. The lowest BCUT2D eigenvalue weighted by Crippen LogP contribution is -2.50. The maximum Gasteiger partial charge on any atom is 0.254 e. The second kappa shape index (κ2) is 10.9. The van der Waals surface area contributed by atoms with Crippen LogP contribution in [0.25, 0.3) is 0 Å². The SMILES string of the molecule is NC(=O)c1c(Nc2ccc(I)cc2F)cc(F)cc1OC(C1CCNC1)S(=O)(=O)N1CCOCC1. The fourth-order valence-electron chi connectivity index (χ4n) is 4.15. The van der Waals surface area contributed by atoms with Crippen LogP contribution in [-0.4, -0.2) is 63.5 Å². The van der Waals surface area contributed by atoms with Crippen molar-refractivity contribution < 1.29 is 31.5 Å². The van der Waals surface area contributed by atoms with Crippen LogP contribution in [0.3, 0.4) is 0 Å². The third-order valence-corrected chi connectivity index (χ3v) is 8.69. The van der Waals surface area contributed by atoms with E-state index >= 15 is 0 Å². The third kappa shape index (κ3) is 5.85. The normalized spacial score (nSPS) is 19.9. The molecule has 2 saturated heterocycles. The van der Waals surface area contributed by atoms with Crippen LogP contribution in [0.2, 0.25) is 0 Å². The number of carbonyl (C=O) groups excluding carboxylic acids is 1. The largest absolute Gasteiger partial charge is 0.472 e. The minimum absolute atomic E-state index is 0.0121. The first-order chi connectivity index (χ1) is 16.7. The third-order valence-electron chi connectivity index (χ3n) is 5.86. The maximum absolute atomic E-state index is 14.7. The Morgan fingerprint density at radius 1 is 1.23 bits per heavy atom. The van der Waals surface area contributed by atoms with Gasteiger partial charge >= 0.3 is 0 Å². The van der Waals surface area contributed by atoms with E-state index in [4.69, 9.17) is 15.2 Å². The summed E-state index contributed by atoms with van der Waals surface area (Å²) in [7, 11) is -4.01. The van der Waals surface area contributed by atoms with E-state index in [0.717, 1.165) is 12.1 Å². The molecular formula is C22H25F2IN4O5S. The summed E-state index contributed by atoms with van der Waals surface area (Å²) in [6.07, 6.45) is 0.508. The van der Waals surface area contributed by atoms with Gasteiger partial charge in [0.25, 0.3) is 15.9 Å². The van der Waals surface area contributed by atoms with Gasteiger partial charge in [-0.25, -0.2) is 17.2 Å². The van der Waals surface area contributed by atoms with Gasteiger partial charge < -0.3 is 25.8 Å². The van der Waals surface area contributed by atoms with Gasteiger partial charge in [0.05, 0.1) is 24.6 Å². The van der Waals surface area contributed by atoms with E-state index in [2.05, 4.69) is 10.6 Å². The van der Waals surface area contributed by atoms with Gasteiger partial charge in [0, 0.05) is 35.2 Å². The molecule has 2 fully saturated rings. The highest BCUT2D eigenvalue weighted by molar-refractivity contribution is 14.1. The number of carbonyl (C=O) groups is 1. The second-order valence-corrected chi connectivity index (χ2v) is 11.5. The van der Waals surface area contributed by atoms with Crippen molar-refractivity contribution in [1.29, 1.82) is 0 Å². The van der Waals surface area contributed by atoms with Crippen molar-refractivity contribution in [3.05, 3.63) is 51.1 Å². The van der Waals surface area contributed by atoms with E-state index in [1.807, 2.05) is 22.6 Å². The smallest absolute Gasteiger partial charge is 0.254 e. The van der Waals surface area contributed by atoms with Gasteiger partial charge in [0.2, 0.25) is 5.44 Å². The number of halogens is 3. The number of amides is 1. The Morgan fingerprint density at radius 3 is 2.60 bits per heavy atom. The molecule has 2 aliphatic heterocycles. The highest BCUT2D eigenvalue weighted by Crippen LogP contribution is 2.35. The summed E-state index contributed by atoms with van der Waals surface area (Å²) >= 11 is 1.94. The Labute approximate surface area is 215 Å². The molecule has 0 aliphatic carbocycles. The van der Waals surface area contributed by atoms with Gasteiger partial charge in [-0.15, -0.1) is 0 Å². The van der Waals surface area contributed by atoms with Crippen LogP contribution >= 0.6 is 22.6 Å². The molecule has 2 aliphatic rings. The number of hydrogen-bond donors (Lipinski definition) is 3. The molecule has 190 valence electrons. The van der Waals surface area contributed by atoms with Crippen molar-refractivity contribution in [2.24, 2.45) is 11.7 Å². The van der Waals surface area contributed by atoms with Crippen LogP contribution in [-0.2, 0) is 14.8 Å². The van der Waals surface area contributed by atoms with E-state index in [1.165, 1.54) is 16.4 Å². The summed E-state index contributed by atoms with van der Waals surface area (Å²) in [4.78, 5) is 12.4. The zero-order valence-corrected chi connectivity index (χ0v) is 21.6. The zero-order chi connectivity index (χ0) is 25.2. The average Bonchev–Trinajstić information content (AvgIpc) is 3.33. The van der Waals surface area contributed by atoms with Gasteiger partial charge in [0.1, 0.15) is 22.9 Å². The first-order valence-electron chi connectivity index (χ1n) is 11.0. The summed E-state index contributed by atoms with van der Waals surface area (Å²) in [5.74, 6) is -3.20. The number of ether oxygens (including phenoxy) is 2. The zero-order valence-electron chi connectivity index (χ0n) is 18.6. The van der Waals surface area contributed by atoms with Crippen molar-refractivity contribution in [2.45, 2.75) is 11.9 Å². The van der Waals surface area contributed by atoms with Gasteiger partial charge in [0.15, 0.2) is 0 Å². The summed E-state index contributed by atoms with van der Waals surface area (Å²) in [6, 6.07) is 6.22. The van der Waals surface area contributed by atoms with Crippen molar-refractivity contribution in [2.75, 3.05) is 44.7 Å². The Bertz CT molecular complexity index is 1200. The lowest BCUT2D eigenvalue weighted by atomic mass is 10.1. The highest BCUT2D eigenvalue weighted by atomic mass is 127. The Morgan fingerprint density at radius 2 is 1.97 bits per heavy atom. The number of primary amides is 1. The molecule has 2 aromatic carbocycles. The quantitative estimate of drug-likeness (QED) is 0.387. The van der Waals surface area contributed by atoms with Gasteiger partial charge in [-0.05, 0) is 59.8 Å². The number of rotatable bonds is 8. The second-order valence-electron chi connectivity index (χ2n) is 8.24. The lowest BCUT2D eigenvalue weighted by Gasteiger charge is -2.33. The fraction of sp³-hybridized carbons (Fsp3) is 0.409. The van der Waals surface area contributed by atoms with E-state index in [-0.39, 0.29) is 49.0 Å². The summed E-state index contributed by atoms with van der Waals surface area (Å²) in [6.45, 7) is 1.77. The Hall–Kier alpha value is -2.07. The molecule has 35 heavy (non-hydrogen) atoms. The number of hydrogen-bond acceptors (Lipinski definition) is 7. The molecule has 2 atom stereocenters. The monoisotopic (exact) mass is 622 g/mol. The Balaban J connectivity index is 1.74. The molecule has 0 spiro atoms. The molecule has 13 heteroatoms. The van der Waals surface area contributed by atoms with Gasteiger partial charge in [-0.3, -0.25) is 4.79 Å². The van der Waals surface area contributed by atoms with Gasteiger partial charge in [-0.1, -0.05) is 0 Å². The number of nitrogens with two attached hydrogens (primary N) is 1. The molecule has 0 aromatic heterocycles. The molecule has 4 rings (SSSR count). The minimum atomic E-state index is -4.01. The first-order valence-corrected chi connectivity index (χ1v) is 13.5. The molecule has 2 aromatic rings. The predicted octanol–water partition coefficient (Wildman–Crippen LogP) is 2.39. The van der Waals surface area contributed by atoms with Crippen LogP contribution in [0.15, 0.2) is 30.3 Å². The van der Waals surface area contributed by atoms with Crippen molar-refractivity contribution in [3.8, 4) is 5.75 Å². The van der Waals surface area contributed by atoms with E-state index in [9.17, 15) is 22.0 Å². The molecule has 0 bridgehead atoms. The van der Waals surface area contributed by atoms with Crippen LogP contribution in [0.1, 0.15) is 16.8 Å². The summed E-state index contributed by atoms with van der Waals surface area (Å²) in [5, 5.41) is 5.80. The molecule has 0 saturated carbocycles. The molecule has 9 nitrogen and oxygen atoms in total. The van der Waals surface area contributed by atoms with Gasteiger partial charge in [-0.2, -0.15) is 4.31 Å². The van der Waals surface area contributed by atoms with Crippen LogP contribution in [0.5, 0.6) is 5.75 Å². The number of nitrogens with one attached hydrogen (secondary N) is 2. The van der Waals surface area contributed by atoms with E-state index in [1.54, 1.807) is 6.07 Å². The topological polar surface area (TPSA) is 123 Å². The van der Waals surface area contributed by atoms with Crippen LogP contribution in [0.4, 0.5) is 20.2 Å². The van der Waals surface area contributed by atoms with Crippen LogP contribution < -0.4 is 21.1 Å². The number of morpholine rings is 1. The van der Waals surface area contributed by atoms with E-state index in [0.29, 0.717) is 23.1 Å². The molecule has 4 N–H and O–H groups in total.